The predicted octanol–water partition coefficient (Wildman–Crippen LogP) is 4.45. The average Bonchev–Trinajstić information content (AvgIpc) is 3.52. The van der Waals surface area contributed by atoms with Gasteiger partial charge in [0, 0.05) is 18.7 Å². The van der Waals surface area contributed by atoms with Crippen LogP contribution in [0.5, 0.6) is 5.75 Å². The van der Waals surface area contributed by atoms with E-state index in [2.05, 4.69) is 44.3 Å². The summed E-state index contributed by atoms with van der Waals surface area (Å²) in [5.41, 5.74) is 1.80. The second-order valence-electron chi connectivity index (χ2n) is 9.75. The van der Waals surface area contributed by atoms with Crippen molar-refractivity contribution in [3.8, 4) is 11.8 Å². The molecule has 3 N–H and O–H groups in total. The Kier molecular flexibility index (Phi) is 7.05. The second-order valence-corrected chi connectivity index (χ2v) is 10.9. The first kappa shape index (κ1) is 26.5. The van der Waals surface area contributed by atoms with Gasteiger partial charge in [0.25, 0.3) is 0 Å². The van der Waals surface area contributed by atoms with Gasteiger partial charge in [-0.15, -0.1) is 0 Å². The van der Waals surface area contributed by atoms with Crippen molar-refractivity contribution in [3.05, 3.63) is 75.6 Å². The molecule has 10 nitrogen and oxygen atoms in total. The number of rotatable bonds is 6. The molecule has 2 aliphatic heterocycles. The van der Waals surface area contributed by atoms with Crippen LogP contribution >= 0.6 is 22.6 Å². The standard InChI is InChI=1S/C27H25F2IN8O2/c28-17-2-3-18(29)24-23(17)20(7-10-40-24)38-25(22(13-32)37(27(38)39)16-5-8-33-9-6-16)35-26(30)36-14-34-19-4-1-15(12-31)11-21(19)36/h1-4,11,13-14,16,20,26,32-33,35H,5-10H2/t20-,26?/m1/s1. The smallest absolute Gasteiger partial charge is 0.331 e. The van der Waals surface area contributed by atoms with Crippen molar-refractivity contribution in [2.75, 3.05) is 25.0 Å². The van der Waals surface area contributed by atoms with Crippen LogP contribution in [0.25, 0.3) is 11.0 Å². The largest absolute Gasteiger partial charge is 0.490 e. The number of ether oxygens (including phenoxy) is 1. The highest BCUT2D eigenvalue weighted by Gasteiger charge is 2.35. The molecule has 0 amide bonds. The molecule has 1 saturated heterocycles. The van der Waals surface area contributed by atoms with Crippen LogP contribution in [0.1, 0.15) is 52.3 Å². The highest BCUT2D eigenvalue weighted by molar-refractivity contribution is 14.1. The molecule has 2 atom stereocenters. The molecular weight excluding hydrogens is 633 g/mol. The van der Waals surface area contributed by atoms with Crippen LogP contribution in [0.2, 0.25) is 0 Å². The van der Waals surface area contributed by atoms with Crippen LogP contribution in [0.4, 0.5) is 14.6 Å². The maximum absolute atomic E-state index is 15.2. The van der Waals surface area contributed by atoms with Gasteiger partial charge >= 0.3 is 5.69 Å². The van der Waals surface area contributed by atoms with E-state index in [4.69, 9.17) is 10.1 Å². The van der Waals surface area contributed by atoms with E-state index in [1.165, 1.54) is 4.57 Å². The first-order chi connectivity index (χ1) is 19.4. The van der Waals surface area contributed by atoms with Gasteiger partial charge in [-0.3, -0.25) is 9.13 Å². The lowest BCUT2D eigenvalue weighted by Gasteiger charge is -2.29. The van der Waals surface area contributed by atoms with Gasteiger partial charge in [0.15, 0.2) is 15.7 Å². The molecule has 1 unspecified atom stereocenters. The third-order valence-electron chi connectivity index (χ3n) is 7.55. The molecule has 6 rings (SSSR count). The molecule has 0 bridgehead atoms. The zero-order valence-electron chi connectivity index (χ0n) is 21.2. The number of piperidine rings is 1. The lowest BCUT2D eigenvalue weighted by atomic mass is 9.99. The zero-order chi connectivity index (χ0) is 28.0. The van der Waals surface area contributed by atoms with Gasteiger partial charge in [-0.25, -0.2) is 18.6 Å². The number of aromatic nitrogens is 4. The van der Waals surface area contributed by atoms with Gasteiger partial charge in [-0.1, -0.05) is 0 Å². The lowest BCUT2D eigenvalue weighted by molar-refractivity contribution is 0.236. The highest BCUT2D eigenvalue weighted by atomic mass is 127. The summed E-state index contributed by atoms with van der Waals surface area (Å²) >= 11 is 2.15. The lowest BCUT2D eigenvalue weighted by Crippen LogP contribution is -2.37. The monoisotopic (exact) mass is 658 g/mol. The molecule has 40 heavy (non-hydrogen) atoms. The summed E-state index contributed by atoms with van der Waals surface area (Å²) < 4.78 is 39.8. The first-order valence-electron chi connectivity index (χ1n) is 12.9. The molecule has 0 saturated carbocycles. The predicted molar refractivity (Wildman–Crippen MR) is 153 cm³/mol. The Balaban J connectivity index is 1.53. The molecular formula is C27H25F2IN8O2. The van der Waals surface area contributed by atoms with E-state index in [1.54, 1.807) is 29.1 Å². The summed E-state index contributed by atoms with van der Waals surface area (Å²) in [4.78, 5) is 18.6. The summed E-state index contributed by atoms with van der Waals surface area (Å²) in [6.45, 7) is 1.54. The van der Waals surface area contributed by atoms with Crippen molar-refractivity contribution in [2.24, 2.45) is 0 Å². The van der Waals surface area contributed by atoms with Gasteiger partial charge in [0.05, 0.1) is 47.2 Å². The Bertz CT molecular complexity index is 1720. The molecule has 0 spiro atoms. The number of alkyl halides is 1. The Hall–Kier alpha value is -3.77. The number of benzene rings is 2. The minimum Gasteiger partial charge on any atom is -0.490 e. The SMILES string of the molecule is N#Cc1ccc2ncn(C(I)Nc3c(C=N)n(C4CCNCC4)c(=O)n3[C@@H]3CCOc4c(F)ccc(F)c43)c2c1. The molecule has 0 radical (unpaired) electrons. The maximum Gasteiger partial charge on any atom is 0.331 e. The summed E-state index contributed by atoms with van der Waals surface area (Å²) in [5.74, 6) is -1.24. The van der Waals surface area contributed by atoms with E-state index in [0.717, 1.165) is 31.4 Å². The third kappa shape index (κ3) is 4.35. The number of hydrogen-bond donors (Lipinski definition) is 3. The van der Waals surface area contributed by atoms with E-state index in [1.807, 2.05) is 4.57 Å². The van der Waals surface area contributed by atoms with Gasteiger partial charge in [-0.2, -0.15) is 5.26 Å². The van der Waals surface area contributed by atoms with Crippen LogP contribution < -0.4 is 21.1 Å². The number of nitrogens with one attached hydrogen (secondary N) is 3. The number of fused-ring (bicyclic) bond motifs is 2. The quantitative estimate of drug-likeness (QED) is 0.122. The van der Waals surface area contributed by atoms with E-state index in [0.29, 0.717) is 41.0 Å². The number of hydrogen-bond acceptors (Lipinski definition) is 7. The topological polar surface area (TPSA) is 126 Å². The molecule has 206 valence electrons. The Morgan fingerprint density at radius 2 is 1.98 bits per heavy atom. The van der Waals surface area contributed by atoms with Gasteiger partial charge in [0.2, 0.25) is 0 Å². The number of imidazole rings is 2. The van der Waals surface area contributed by atoms with Crippen molar-refractivity contribution in [2.45, 2.75) is 35.5 Å². The minimum atomic E-state index is -0.857. The fourth-order valence-electron chi connectivity index (χ4n) is 5.68. The molecule has 2 aliphatic rings. The van der Waals surface area contributed by atoms with Crippen molar-refractivity contribution < 1.29 is 13.5 Å². The summed E-state index contributed by atoms with van der Waals surface area (Å²) in [6.07, 6.45) is 4.38. The van der Waals surface area contributed by atoms with E-state index < -0.39 is 27.5 Å². The average molecular weight is 658 g/mol. The van der Waals surface area contributed by atoms with Crippen molar-refractivity contribution >= 4 is 45.7 Å². The Morgan fingerprint density at radius 1 is 1.20 bits per heavy atom. The van der Waals surface area contributed by atoms with Crippen molar-refractivity contribution in [1.82, 2.24) is 24.0 Å². The van der Waals surface area contributed by atoms with Gasteiger partial charge < -0.3 is 25.3 Å². The molecule has 2 aromatic heterocycles. The third-order valence-corrected chi connectivity index (χ3v) is 8.46. The molecule has 0 aliphatic carbocycles. The molecule has 13 heteroatoms. The Labute approximate surface area is 241 Å². The van der Waals surface area contributed by atoms with E-state index in [9.17, 15) is 14.4 Å². The maximum atomic E-state index is 15.2. The number of nitrogens with zero attached hydrogens (tertiary/aromatic N) is 5. The van der Waals surface area contributed by atoms with Crippen LogP contribution in [0.3, 0.4) is 0 Å². The van der Waals surface area contributed by atoms with Crippen molar-refractivity contribution in [3.63, 3.8) is 0 Å². The zero-order valence-corrected chi connectivity index (χ0v) is 23.4. The van der Waals surface area contributed by atoms with Crippen LogP contribution in [-0.2, 0) is 0 Å². The summed E-state index contributed by atoms with van der Waals surface area (Å²) in [5, 5.41) is 24.4. The number of nitriles is 1. The van der Waals surface area contributed by atoms with E-state index >= 15 is 4.39 Å². The second kappa shape index (κ2) is 10.7. The van der Waals surface area contributed by atoms with Crippen molar-refractivity contribution in [1.29, 1.82) is 10.7 Å². The fourth-order valence-corrected chi connectivity index (χ4v) is 6.42. The number of halogens is 3. The molecule has 2 aromatic carbocycles. The van der Waals surface area contributed by atoms with Gasteiger partial charge in [-0.05, 0) is 78.9 Å². The van der Waals surface area contributed by atoms with Crippen LogP contribution in [0.15, 0.2) is 41.5 Å². The van der Waals surface area contributed by atoms with E-state index in [-0.39, 0.29) is 30.4 Å². The first-order valence-corrected chi connectivity index (χ1v) is 14.1. The van der Waals surface area contributed by atoms with Gasteiger partial charge in [0.1, 0.15) is 17.3 Å². The summed E-state index contributed by atoms with van der Waals surface area (Å²) in [6, 6.07) is 8.35. The molecule has 4 heterocycles. The Morgan fingerprint density at radius 3 is 2.73 bits per heavy atom. The fraction of sp³-hybridized carbons (Fsp3) is 0.333. The minimum absolute atomic E-state index is 0.0212. The molecule has 4 aromatic rings. The highest BCUT2D eigenvalue weighted by Crippen LogP contribution is 2.41. The van der Waals surface area contributed by atoms with Crippen LogP contribution in [-0.4, -0.2) is 44.6 Å². The number of anilines is 1. The summed E-state index contributed by atoms with van der Waals surface area (Å²) in [7, 11) is 0. The molecule has 1 fully saturated rings. The normalized spacial score (nSPS) is 18.1. The van der Waals surface area contributed by atoms with Crippen LogP contribution in [0, 0.1) is 28.4 Å².